The molecule has 1 saturated heterocycles. The third-order valence-electron chi connectivity index (χ3n) is 1.72. The second-order valence-electron chi connectivity index (χ2n) is 2.61. The molecule has 0 aliphatic carbocycles. The summed E-state index contributed by atoms with van der Waals surface area (Å²) in [6.45, 7) is 3.64. The Kier molecular flexibility index (Phi) is 2.74. The summed E-state index contributed by atoms with van der Waals surface area (Å²) in [5.41, 5.74) is 0. The summed E-state index contributed by atoms with van der Waals surface area (Å²) in [4.78, 5) is 0. The fraction of sp³-hybridized carbons (Fsp3) is 1.00. The smallest absolute Gasteiger partial charge is 0.300 e. The number of piperazine rings is 1. The third-order valence-corrected chi connectivity index (χ3v) is 3.35. The minimum absolute atomic E-state index is 0.0359. The lowest BCUT2D eigenvalue weighted by atomic mass is 10.3. The number of nitrogens with zero attached hydrogens (tertiary/aromatic N) is 1. The highest BCUT2D eigenvalue weighted by Gasteiger charge is 2.27. The van der Waals surface area contributed by atoms with Gasteiger partial charge in [-0.15, -0.1) is 0 Å². The maximum Gasteiger partial charge on any atom is 0.300 e. The summed E-state index contributed by atoms with van der Waals surface area (Å²) in [7, 11) is 1.67. The molecule has 0 bridgehead atoms. The van der Waals surface area contributed by atoms with Gasteiger partial charge in [0.15, 0.2) is 0 Å². The van der Waals surface area contributed by atoms with E-state index in [1.807, 2.05) is 6.92 Å². The third kappa shape index (κ3) is 2.30. The topological polar surface area (TPSA) is 49.4 Å². The van der Waals surface area contributed by atoms with Gasteiger partial charge >= 0.3 is 0 Å². The van der Waals surface area contributed by atoms with Crippen molar-refractivity contribution in [1.82, 2.24) is 9.62 Å². The predicted molar refractivity (Wildman–Crippen MR) is 43.8 cm³/mol. The fourth-order valence-electron chi connectivity index (χ4n) is 1.15. The highest BCUT2D eigenvalue weighted by atomic mass is 35.7. The van der Waals surface area contributed by atoms with Crippen LogP contribution in [0.5, 0.6) is 0 Å². The molecular formula is C5H11ClN2O2S. The molecule has 1 N–H and O–H groups in total. The van der Waals surface area contributed by atoms with Crippen molar-refractivity contribution in [2.24, 2.45) is 0 Å². The van der Waals surface area contributed by atoms with Crippen molar-refractivity contribution in [2.75, 3.05) is 19.6 Å². The van der Waals surface area contributed by atoms with Crippen molar-refractivity contribution in [1.29, 1.82) is 0 Å². The van der Waals surface area contributed by atoms with Crippen LogP contribution in [0.15, 0.2) is 0 Å². The van der Waals surface area contributed by atoms with Gasteiger partial charge in [0.2, 0.25) is 0 Å². The second-order valence-corrected chi connectivity index (χ2v) is 5.07. The Labute approximate surface area is 71.1 Å². The molecule has 0 aromatic rings. The van der Waals surface area contributed by atoms with Crippen molar-refractivity contribution >= 4 is 19.9 Å². The molecule has 0 spiro atoms. The average Bonchev–Trinajstić information content (AvgIpc) is 1.86. The lowest BCUT2D eigenvalue weighted by Gasteiger charge is -2.30. The Morgan fingerprint density at radius 1 is 1.64 bits per heavy atom. The Bertz CT molecular complexity index is 229. The van der Waals surface area contributed by atoms with Crippen LogP contribution in [0.4, 0.5) is 0 Å². The van der Waals surface area contributed by atoms with Crippen LogP contribution in [0.25, 0.3) is 0 Å². The zero-order chi connectivity index (χ0) is 8.48. The standard InChI is InChI=1S/C5H11ClN2O2S/c1-5-4-7-2-3-8(5)11(6,9)10/h5,7H,2-4H2,1H3/t5-/m1/s1. The molecule has 11 heavy (non-hydrogen) atoms. The molecule has 1 atom stereocenters. The quantitative estimate of drug-likeness (QED) is 0.592. The molecular weight excluding hydrogens is 188 g/mol. The van der Waals surface area contributed by atoms with Gasteiger partial charge in [-0.05, 0) is 6.92 Å². The van der Waals surface area contributed by atoms with E-state index in [2.05, 4.69) is 5.32 Å². The molecule has 66 valence electrons. The van der Waals surface area contributed by atoms with Crippen LogP contribution in [0.2, 0.25) is 0 Å². The van der Waals surface area contributed by atoms with E-state index in [1.165, 1.54) is 4.31 Å². The maximum atomic E-state index is 10.9. The first-order chi connectivity index (χ1) is 5.02. The van der Waals surface area contributed by atoms with Crippen LogP contribution >= 0.6 is 10.7 Å². The summed E-state index contributed by atoms with van der Waals surface area (Å²) in [5.74, 6) is 0. The Morgan fingerprint density at radius 3 is 2.64 bits per heavy atom. The van der Waals surface area contributed by atoms with E-state index >= 15 is 0 Å². The SMILES string of the molecule is C[C@@H]1CNCCN1S(=O)(=O)Cl. The van der Waals surface area contributed by atoms with E-state index in [4.69, 9.17) is 10.7 Å². The number of nitrogens with one attached hydrogen (secondary N) is 1. The molecule has 1 rings (SSSR count). The Morgan fingerprint density at radius 2 is 2.27 bits per heavy atom. The van der Waals surface area contributed by atoms with Gasteiger partial charge in [0.25, 0.3) is 9.24 Å². The van der Waals surface area contributed by atoms with Crippen molar-refractivity contribution < 1.29 is 8.42 Å². The molecule has 0 unspecified atom stereocenters. The van der Waals surface area contributed by atoms with E-state index in [0.29, 0.717) is 19.6 Å². The average molecular weight is 199 g/mol. The van der Waals surface area contributed by atoms with Crippen LogP contribution in [0.1, 0.15) is 6.92 Å². The van der Waals surface area contributed by atoms with E-state index in [0.717, 1.165) is 0 Å². The predicted octanol–water partition coefficient (Wildman–Crippen LogP) is -0.236. The van der Waals surface area contributed by atoms with Gasteiger partial charge in [0.05, 0.1) is 0 Å². The van der Waals surface area contributed by atoms with Crippen LogP contribution in [-0.4, -0.2) is 38.4 Å². The molecule has 6 heteroatoms. The molecule has 0 aromatic carbocycles. The fourth-order valence-corrected chi connectivity index (χ4v) is 2.58. The molecule has 1 fully saturated rings. The first kappa shape index (κ1) is 9.25. The molecule has 1 aliphatic rings. The zero-order valence-electron chi connectivity index (χ0n) is 6.25. The van der Waals surface area contributed by atoms with E-state index in [1.54, 1.807) is 0 Å². The first-order valence-corrected chi connectivity index (χ1v) is 5.70. The normalized spacial score (nSPS) is 28.7. The summed E-state index contributed by atoms with van der Waals surface area (Å²) < 4.78 is 23.0. The molecule has 0 radical (unpaired) electrons. The van der Waals surface area contributed by atoms with Crippen molar-refractivity contribution in [3.8, 4) is 0 Å². The van der Waals surface area contributed by atoms with Crippen LogP contribution in [-0.2, 0) is 9.24 Å². The molecule has 4 nitrogen and oxygen atoms in total. The Balaban J connectivity index is 2.70. The lowest BCUT2D eigenvalue weighted by Crippen LogP contribution is -2.50. The second kappa shape index (κ2) is 3.26. The summed E-state index contributed by atoms with van der Waals surface area (Å²) in [6, 6.07) is -0.0359. The molecule has 0 saturated carbocycles. The lowest BCUT2D eigenvalue weighted by molar-refractivity contribution is 0.289. The largest absolute Gasteiger partial charge is 0.314 e. The molecule has 1 aliphatic heterocycles. The minimum Gasteiger partial charge on any atom is -0.314 e. The van der Waals surface area contributed by atoms with Gasteiger partial charge in [0.1, 0.15) is 0 Å². The number of hydrogen-bond acceptors (Lipinski definition) is 3. The van der Waals surface area contributed by atoms with Crippen LogP contribution in [0.3, 0.4) is 0 Å². The van der Waals surface area contributed by atoms with Crippen molar-refractivity contribution in [2.45, 2.75) is 13.0 Å². The van der Waals surface area contributed by atoms with E-state index in [9.17, 15) is 8.42 Å². The van der Waals surface area contributed by atoms with E-state index < -0.39 is 9.24 Å². The highest BCUT2D eigenvalue weighted by molar-refractivity contribution is 8.11. The van der Waals surface area contributed by atoms with E-state index in [-0.39, 0.29) is 6.04 Å². The number of hydrogen-bond donors (Lipinski definition) is 1. The Hall–Kier alpha value is 0.160. The van der Waals surface area contributed by atoms with Gasteiger partial charge in [-0.1, -0.05) is 0 Å². The summed E-state index contributed by atoms with van der Waals surface area (Å²) in [5, 5.41) is 3.07. The van der Waals surface area contributed by atoms with Gasteiger partial charge in [-0.2, -0.15) is 12.7 Å². The van der Waals surface area contributed by atoms with Crippen LogP contribution in [0, 0.1) is 0 Å². The van der Waals surface area contributed by atoms with Crippen molar-refractivity contribution in [3.63, 3.8) is 0 Å². The van der Waals surface area contributed by atoms with Crippen LogP contribution < -0.4 is 5.32 Å². The molecule has 0 aromatic heterocycles. The van der Waals surface area contributed by atoms with Gasteiger partial charge in [-0.3, -0.25) is 0 Å². The molecule has 0 amide bonds. The highest BCUT2D eigenvalue weighted by Crippen LogP contribution is 2.12. The first-order valence-electron chi connectivity index (χ1n) is 3.44. The zero-order valence-corrected chi connectivity index (χ0v) is 7.82. The minimum atomic E-state index is -3.51. The van der Waals surface area contributed by atoms with Gasteiger partial charge in [-0.25, -0.2) is 0 Å². The summed E-state index contributed by atoms with van der Waals surface area (Å²) in [6.07, 6.45) is 0. The summed E-state index contributed by atoms with van der Waals surface area (Å²) >= 11 is 0. The van der Waals surface area contributed by atoms with Gasteiger partial charge in [0, 0.05) is 36.4 Å². The monoisotopic (exact) mass is 198 g/mol. The van der Waals surface area contributed by atoms with Crippen molar-refractivity contribution in [3.05, 3.63) is 0 Å². The number of halogens is 1. The molecule has 1 heterocycles. The van der Waals surface area contributed by atoms with Gasteiger partial charge < -0.3 is 5.32 Å². The number of rotatable bonds is 1. The maximum absolute atomic E-state index is 10.9.